The Labute approximate surface area is 153 Å². The number of nitrogens with zero attached hydrogens (tertiary/aromatic N) is 4. The van der Waals surface area contributed by atoms with Crippen molar-refractivity contribution in [1.29, 1.82) is 0 Å². The molecular formula is C18H13ClF2N4O. The van der Waals surface area contributed by atoms with Gasteiger partial charge in [0, 0.05) is 5.02 Å². The number of aromatic nitrogens is 2. The van der Waals surface area contributed by atoms with E-state index in [2.05, 4.69) is 20.2 Å². The molecule has 0 fully saturated rings. The minimum atomic E-state index is -0.720. The van der Waals surface area contributed by atoms with Crippen LogP contribution in [0.4, 0.5) is 14.6 Å². The molecule has 0 aliphatic carbocycles. The van der Waals surface area contributed by atoms with Crippen LogP contribution < -0.4 is 4.74 Å². The second-order valence-electron chi connectivity index (χ2n) is 5.23. The van der Waals surface area contributed by atoms with Crippen LogP contribution in [0.2, 0.25) is 5.02 Å². The van der Waals surface area contributed by atoms with Gasteiger partial charge in [0.1, 0.15) is 12.4 Å². The van der Waals surface area contributed by atoms with Gasteiger partial charge < -0.3 is 4.74 Å². The predicted molar refractivity (Wildman–Crippen MR) is 92.4 cm³/mol. The summed E-state index contributed by atoms with van der Waals surface area (Å²) >= 11 is 6.03. The molecule has 0 aliphatic rings. The number of hydrogen-bond donors (Lipinski definition) is 0. The Morgan fingerprint density at radius 1 is 1.04 bits per heavy atom. The van der Waals surface area contributed by atoms with Gasteiger partial charge in [0.05, 0.1) is 12.7 Å². The second-order valence-corrected chi connectivity index (χ2v) is 5.64. The Hall–Kier alpha value is -2.93. The van der Waals surface area contributed by atoms with Gasteiger partial charge in [-0.3, -0.25) is 0 Å². The van der Waals surface area contributed by atoms with Gasteiger partial charge in [0.15, 0.2) is 5.82 Å². The Bertz CT molecular complexity index is 919. The van der Waals surface area contributed by atoms with E-state index in [0.717, 1.165) is 17.3 Å². The van der Waals surface area contributed by atoms with Crippen LogP contribution in [0.3, 0.4) is 0 Å². The fourth-order valence-electron chi connectivity index (χ4n) is 2.02. The van der Waals surface area contributed by atoms with Crippen molar-refractivity contribution in [2.24, 2.45) is 10.2 Å². The molecule has 0 bridgehead atoms. The number of halogens is 3. The van der Waals surface area contributed by atoms with Crippen LogP contribution in [-0.2, 0) is 13.2 Å². The highest BCUT2D eigenvalue weighted by Crippen LogP contribution is 2.20. The van der Waals surface area contributed by atoms with Gasteiger partial charge in [-0.1, -0.05) is 41.9 Å². The number of rotatable bonds is 6. The first-order chi connectivity index (χ1) is 12.6. The highest BCUT2D eigenvalue weighted by molar-refractivity contribution is 6.31. The molecule has 0 N–H and O–H groups in total. The van der Waals surface area contributed by atoms with Gasteiger partial charge in [-0.15, -0.1) is 5.11 Å². The molecule has 8 heteroatoms. The monoisotopic (exact) mass is 374 g/mol. The molecule has 0 atom stereocenters. The van der Waals surface area contributed by atoms with Crippen LogP contribution in [0.5, 0.6) is 6.01 Å². The van der Waals surface area contributed by atoms with E-state index in [4.69, 9.17) is 16.3 Å². The predicted octanol–water partition coefficient (Wildman–Crippen LogP) is 5.27. The zero-order valence-electron chi connectivity index (χ0n) is 13.4. The highest BCUT2D eigenvalue weighted by atomic mass is 35.5. The number of benzene rings is 2. The van der Waals surface area contributed by atoms with E-state index in [0.29, 0.717) is 5.02 Å². The van der Waals surface area contributed by atoms with Crippen LogP contribution in [0, 0.1) is 11.6 Å². The smallest absolute Gasteiger partial charge is 0.318 e. The van der Waals surface area contributed by atoms with Crippen molar-refractivity contribution in [3.63, 3.8) is 0 Å². The first-order valence-corrected chi connectivity index (χ1v) is 8.00. The van der Waals surface area contributed by atoms with Crippen LogP contribution in [-0.4, -0.2) is 9.97 Å². The fraction of sp³-hybridized carbons (Fsp3) is 0.111. The molecule has 5 nitrogen and oxygen atoms in total. The van der Waals surface area contributed by atoms with Crippen molar-refractivity contribution in [3.05, 3.63) is 82.5 Å². The van der Waals surface area contributed by atoms with Gasteiger partial charge >= 0.3 is 6.01 Å². The first kappa shape index (κ1) is 17.9. The molecule has 2 aromatic carbocycles. The molecule has 0 saturated heterocycles. The topological polar surface area (TPSA) is 59.7 Å². The first-order valence-electron chi connectivity index (χ1n) is 7.62. The van der Waals surface area contributed by atoms with E-state index in [1.54, 1.807) is 30.3 Å². The lowest BCUT2D eigenvalue weighted by atomic mass is 10.2. The molecule has 0 saturated carbocycles. The summed E-state index contributed by atoms with van der Waals surface area (Å²) in [5.74, 6) is -1.30. The van der Waals surface area contributed by atoms with Crippen LogP contribution in [0.25, 0.3) is 0 Å². The maximum Gasteiger partial charge on any atom is 0.318 e. The summed E-state index contributed by atoms with van der Waals surface area (Å²) in [5.41, 5.74) is 1.49. The Balaban J connectivity index is 1.66. The number of hydrogen-bond acceptors (Lipinski definition) is 5. The van der Waals surface area contributed by atoms with Gasteiger partial charge in [0.2, 0.25) is 5.82 Å². The largest absolute Gasteiger partial charge is 0.459 e. The molecule has 132 valence electrons. The Morgan fingerprint density at radius 2 is 1.81 bits per heavy atom. The fourth-order valence-corrected chi connectivity index (χ4v) is 2.21. The quantitative estimate of drug-likeness (QED) is 0.552. The lowest BCUT2D eigenvalue weighted by Crippen LogP contribution is -2.00. The van der Waals surface area contributed by atoms with Crippen molar-refractivity contribution in [2.45, 2.75) is 13.2 Å². The minimum Gasteiger partial charge on any atom is -0.459 e. The molecule has 1 aromatic heterocycles. The molecule has 0 radical (unpaired) electrons. The van der Waals surface area contributed by atoms with Crippen molar-refractivity contribution >= 4 is 17.4 Å². The van der Waals surface area contributed by atoms with E-state index in [9.17, 15) is 8.78 Å². The van der Waals surface area contributed by atoms with Crippen LogP contribution in [0.1, 0.15) is 11.1 Å². The molecule has 0 aliphatic heterocycles. The van der Waals surface area contributed by atoms with Crippen molar-refractivity contribution in [3.8, 4) is 6.01 Å². The molecule has 0 amide bonds. The molecule has 3 rings (SSSR count). The molecule has 1 heterocycles. The van der Waals surface area contributed by atoms with Crippen LogP contribution in [0.15, 0.2) is 65.0 Å². The summed E-state index contributed by atoms with van der Waals surface area (Å²) in [4.78, 5) is 7.63. The number of ether oxygens (including phenoxy) is 1. The maximum absolute atomic E-state index is 13.8. The maximum atomic E-state index is 13.8. The average Bonchev–Trinajstić information content (AvgIpc) is 2.65. The molecular weight excluding hydrogens is 362 g/mol. The standard InChI is InChI=1S/C18H13ClF2N4O/c19-15-4-2-1-3-13(15)9-23-25-17-16(21)10-22-18(24-17)26-11-12-5-7-14(20)8-6-12/h1-8,10H,9,11H2. The average molecular weight is 375 g/mol. The zero-order valence-corrected chi connectivity index (χ0v) is 14.2. The summed E-state index contributed by atoms with van der Waals surface area (Å²) in [7, 11) is 0. The summed E-state index contributed by atoms with van der Waals surface area (Å²) in [6.45, 7) is 0.303. The van der Waals surface area contributed by atoms with Crippen molar-refractivity contribution < 1.29 is 13.5 Å². The normalized spacial score (nSPS) is 11.0. The summed E-state index contributed by atoms with van der Waals surface area (Å²) < 4.78 is 32.0. The SMILES string of the molecule is Fc1ccc(COc2ncc(F)c(N=NCc3ccccc3Cl)n2)cc1. The second kappa shape index (κ2) is 8.44. The van der Waals surface area contributed by atoms with E-state index in [1.165, 1.54) is 12.1 Å². The lowest BCUT2D eigenvalue weighted by Gasteiger charge is -2.05. The minimum absolute atomic E-state index is 0.0533. The summed E-state index contributed by atoms with van der Waals surface area (Å²) in [6, 6.07) is 12.9. The highest BCUT2D eigenvalue weighted by Gasteiger charge is 2.08. The summed E-state index contributed by atoms with van der Waals surface area (Å²) in [5, 5.41) is 8.25. The Morgan fingerprint density at radius 3 is 2.58 bits per heavy atom. The molecule has 0 unspecified atom stereocenters. The molecule has 0 spiro atoms. The molecule has 3 aromatic rings. The van der Waals surface area contributed by atoms with Gasteiger partial charge in [0.25, 0.3) is 0 Å². The third kappa shape index (κ3) is 4.80. The van der Waals surface area contributed by atoms with E-state index in [1.807, 2.05) is 6.07 Å². The van der Waals surface area contributed by atoms with Crippen molar-refractivity contribution in [2.75, 3.05) is 0 Å². The summed E-state index contributed by atoms with van der Waals surface area (Å²) in [6.07, 6.45) is 0.955. The van der Waals surface area contributed by atoms with Gasteiger partial charge in [-0.05, 0) is 29.3 Å². The van der Waals surface area contributed by atoms with E-state index < -0.39 is 5.82 Å². The van der Waals surface area contributed by atoms with E-state index in [-0.39, 0.29) is 30.8 Å². The van der Waals surface area contributed by atoms with E-state index >= 15 is 0 Å². The lowest BCUT2D eigenvalue weighted by molar-refractivity contribution is 0.279. The zero-order chi connectivity index (χ0) is 18.4. The van der Waals surface area contributed by atoms with Gasteiger partial charge in [-0.2, -0.15) is 10.1 Å². The van der Waals surface area contributed by atoms with Crippen molar-refractivity contribution in [1.82, 2.24) is 9.97 Å². The molecule has 26 heavy (non-hydrogen) atoms. The number of azo groups is 1. The van der Waals surface area contributed by atoms with Crippen LogP contribution >= 0.6 is 11.6 Å². The third-order valence-electron chi connectivity index (χ3n) is 3.35. The Kier molecular flexibility index (Phi) is 5.80. The van der Waals surface area contributed by atoms with Gasteiger partial charge in [-0.25, -0.2) is 13.8 Å². The third-order valence-corrected chi connectivity index (χ3v) is 3.72.